The number of carbonyl (C=O) groups excluding carboxylic acids is 1. The van der Waals surface area contributed by atoms with E-state index in [1.807, 2.05) is 23.9 Å². The minimum atomic E-state index is -0.304. The van der Waals surface area contributed by atoms with Gasteiger partial charge in [0.2, 0.25) is 11.9 Å². The molecule has 12 heteroatoms. The summed E-state index contributed by atoms with van der Waals surface area (Å²) in [7, 11) is 1.87. The van der Waals surface area contributed by atoms with Gasteiger partial charge in [0.15, 0.2) is 17.0 Å². The lowest BCUT2D eigenvalue weighted by Crippen LogP contribution is -2.37. The van der Waals surface area contributed by atoms with Crippen molar-refractivity contribution < 1.29 is 9.53 Å². The van der Waals surface area contributed by atoms with Gasteiger partial charge < -0.3 is 20.3 Å². The van der Waals surface area contributed by atoms with Gasteiger partial charge in [-0.25, -0.2) is 9.97 Å². The van der Waals surface area contributed by atoms with Crippen LogP contribution < -0.4 is 15.5 Å². The minimum absolute atomic E-state index is 0.304. The molecule has 0 unspecified atom stereocenters. The third-order valence-electron chi connectivity index (χ3n) is 5.37. The van der Waals surface area contributed by atoms with E-state index in [4.69, 9.17) is 14.7 Å². The summed E-state index contributed by atoms with van der Waals surface area (Å²) in [6.07, 6.45) is 8.30. The van der Waals surface area contributed by atoms with Crippen LogP contribution in [0.15, 0.2) is 49.7 Å². The van der Waals surface area contributed by atoms with Crippen molar-refractivity contribution in [2.45, 2.75) is 6.54 Å². The molecular formula is C22H24N10O2. The Kier molecular flexibility index (Phi) is 5.87. The fourth-order valence-corrected chi connectivity index (χ4v) is 3.60. The minimum Gasteiger partial charge on any atom is -0.378 e. The number of anilines is 3. The highest BCUT2D eigenvalue weighted by Crippen LogP contribution is 2.25. The van der Waals surface area contributed by atoms with Crippen LogP contribution in [0.5, 0.6) is 0 Å². The number of nitrogens with one attached hydrogen (secondary N) is 2. The number of pyridine rings is 1. The molecule has 0 aromatic carbocycles. The van der Waals surface area contributed by atoms with Gasteiger partial charge in [-0.3, -0.25) is 14.0 Å². The molecular weight excluding hydrogens is 436 g/mol. The van der Waals surface area contributed by atoms with Crippen LogP contribution in [0.2, 0.25) is 0 Å². The fourth-order valence-electron chi connectivity index (χ4n) is 3.60. The van der Waals surface area contributed by atoms with Crippen LogP contribution >= 0.6 is 0 Å². The summed E-state index contributed by atoms with van der Waals surface area (Å²) >= 11 is 0. The summed E-state index contributed by atoms with van der Waals surface area (Å²) in [5.41, 5.74) is 3.13. The monoisotopic (exact) mass is 460 g/mol. The molecule has 0 aliphatic carbocycles. The molecule has 0 bridgehead atoms. The Morgan fingerprint density at radius 3 is 2.76 bits per heavy atom. The summed E-state index contributed by atoms with van der Waals surface area (Å²) in [5.74, 6) is 1.40. The number of imidazole rings is 1. The highest BCUT2D eigenvalue weighted by Gasteiger charge is 2.20. The van der Waals surface area contributed by atoms with E-state index in [2.05, 4.69) is 37.2 Å². The average Bonchev–Trinajstić information content (AvgIpc) is 3.49. The van der Waals surface area contributed by atoms with E-state index < -0.39 is 0 Å². The summed E-state index contributed by atoms with van der Waals surface area (Å²) in [6.45, 7) is 6.60. The fraction of sp³-hybridized carbons (Fsp3) is 0.273. The van der Waals surface area contributed by atoms with E-state index in [1.54, 1.807) is 29.5 Å². The second kappa shape index (κ2) is 9.27. The number of hydrogen-bond acceptors (Lipinski definition) is 9. The molecule has 0 atom stereocenters. The van der Waals surface area contributed by atoms with Crippen LogP contribution in [0, 0.1) is 0 Å². The quantitative estimate of drug-likeness (QED) is 0.395. The van der Waals surface area contributed by atoms with E-state index in [0.717, 1.165) is 11.3 Å². The molecule has 174 valence electrons. The zero-order valence-corrected chi connectivity index (χ0v) is 18.7. The molecule has 12 nitrogen and oxygen atoms in total. The summed E-state index contributed by atoms with van der Waals surface area (Å²) in [5, 5.41) is 10.3. The SMILES string of the molecule is C=CC(=O)Nc1ccc(CNc2nc(N3CCOCC3)nc3c2ncn3-c2cnn(C)c2)cn1. The van der Waals surface area contributed by atoms with Gasteiger partial charge in [0.1, 0.15) is 12.1 Å². The lowest BCUT2D eigenvalue weighted by molar-refractivity contribution is -0.111. The van der Waals surface area contributed by atoms with E-state index >= 15 is 0 Å². The number of carbonyl (C=O) groups is 1. The van der Waals surface area contributed by atoms with Gasteiger partial charge in [-0.05, 0) is 17.7 Å². The lowest BCUT2D eigenvalue weighted by Gasteiger charge is -2.27. The smallest absolute Gasteiger partial charge is 0.248 e. The number of rotatable bonds is 7. The Bertz CT molecular complexity index is 1320. The second-order valence-electron chi connectivity index (χ2n) is 7.73. The Labute approximate surface area is 195 Å². The van der Waals surface area contributed by atoms with Crippen LogP contribution in [0.4, 0.5) is 17.6 Å². The van der Waals surface area contributed by atoms with E-state index in [9.17, 15) is 4.79 Å². The van der Waals surface area contributed by atoms with Crippen LogP contribution in [0.25, 0.3) is 16.9 Å². The predicted molar refractivity (Wildman–Crippen MR) is 127 cm³/mol. The van der Waals surface area contributed by atoms with E-state index in [-0.39, 0.29) is 5.91 Å². The standard InChI is InChI=1S/C22H24N10O2/c1-3-18(33)27-17-5-4-15(10-23-17)11-24-20-19-21(29-22(28-20)31-6-8-34-9-7-31)32(14-25-19)16-12-26-30(2)13-16/h3-5,10,12-14H,1,6-9,11H2,2H3,(H,23,27,33)(H,24,28,29). The van der Waals surface area contributed by atoms with Crippen molar-refractivity contribution in [3.8, 4) is 5.69 Å². The van der Waals surface area contributed by atoms with Crippen LogP contribution in [-0.2, 0) is 23.1 Å². The molecule has 1 amide bonds. The zero-order valence-electron chi connectivity index (χ0n) is 18.7. The molecule has 0 radical (unpaired) electrons. The number of aryl methyl sites for hydroxylation is 1. The van der Waals surface area contributed by atoms with Gasteiger partial charge >= 0.3 is 0 Å². The number of aromatic nitrogens is 7. The first-order valence-corrected chi connectivity index (χ1v) is 10.8. The second-order valence-corrected chi connectivity index (χ2v) is 7.73. The van der Waals surface area contributed by atoms with Crippen LogP contribution in [-0.4, -0.2) is 66.5 Å². The van der Waals surface area contributed by atoms with Crippen molar-refractivity contribution in [1.82, 2.24) is 34.3 Å². The van der Waals surface area contributed by atoms with Gasteiger partial charge in [-0.15, -0.1) is 0 Å². The van der Waals surface area contributed by atoms with Gasteiger partial charge in [-0.1, -0.05) is 12.6 Å². The first-order chi connectivity index (χ1) is 16.6. The molecule has 4 aromatic rings. The van der Waals surface area contributed by atoms with Crippen molar-refractivity contribution in [3.05, 3.63) is 55.3 Å². The third kappa shape index (κ3) is 4.43. The summed E-state index contributed by atoms with van der Waals surface area (Å²) in [4.78, 5) is 32.0. The largest absolute Gasteiger partial charge is 0.378 e. The molecule has 5 rings (SSSR count). The highest BCUT2D eigenvalue weighted by molar-refractivity contribution is 5.98. The van der Waals surface area contributed by atoms with Gasteiger partial charge in [-0.2, -0.15) is 15.1 Å². The van der Waals surface area contributed by atoms with E-state index in [0.29, 0.717) is 61.6 Å². The first-order valence-electron chi connectivity index (χ1n) is 10.8. The molecule has 2 N–H and O–H groups in total. The summed E-state index contributed by atoms with van der Waals surface area (Å²) < 4.78 is 9.12. The molecule has 0 spiro atoms. The molecule has 1 aliphatic rings. The Morgan fingerprint density at radius 2 is 2.06 bits per heavy atom. The van der Waals surface area contributed by atoms with Crippen molar-refractivity contribution >= 4 is 34.7 Å². The zero-order chi connectivity index (χ0) is 23.5. The number of amides is 1. The Balaban J connectivity index is 1.45. The van der Waals surface area contributed by atoms with E-state index in [1.165, 1.54) is 6.08 Å². The normalized spacial score (nSPS) is 13.7. The Morgan fingerprint density at radius 1 is 1.21 bits per heavy atom. The maximum absolute atomic E-state index is 11.4. The molecule has 0 saturated carbocycles. The number of nitrogens with zero attached hydrogens (tertiary/aromatic N) is 8. The third-order valence-corrected chi connectivity index (χ3v) is 5.37. The Hall–Kier alpha value is -4.32. The molecule has 1 fully saturated rings. The van der Waals surface area contributed by atoms with Crippen molar-refractivity contribution in [2.75, 3.05) is 41.8 Å². The summed E-state index contributed by atoms with van der Waals surface area (Å²) in [6, 6.07) is 3.62. The molecule has 1 saturated heterocycles. The highest BCUT2D eigenvalue weighted by atomic mass is 16.5. The topological polar surface area (TPSA) is 128 Å². The number of hydrogen-bond donors (Lipinski definition) is 2. The first kappa shape index (κ1) is 21.5. The molecule has 4 aromatic heterocycles. The maximum atomic E-state index is 11.4. The van der Waals surface area contributed by atoms with Gasteiger partial charge in [0.05, 0.1) is 25.1 Å². The molecule has 5 heterocycles. The number of ether oxygens (including phenoxy) is 1. The van der Waals surface area contributed by atoms with Crippen molar-refractivity contribution in [3.63, 3.8) is 0 Å². The van der Waals surface area contributed by atoms with Crippen molar-refractivity contribution in [1.29, 1.82) is 0 Å². The molecule has 1 aliphatic heterocycles. The van der Waals surface area contributed by atoms with Gasteiger partial charge in [0.25, 0.3) is 0 Å². The van der Waals surface area contributed by atoms with Gasteiger partial charge in [0, 0.05) is 39.1 Å². The lowest BCUT2D eigenvalue weighted by atomic mass is 10.2. The average molecular weight is 461 g/mol. The maximum Gasteiger partial charge on any atom is 0.248 e. The number of fused-ring (bicyclic) bond motifs is 1. The number of morpholine rings is 1. The predicted octanol–water partition coefficient (Wildman–Crippen LogP) is 1.52. The van der Waals surface area contributed by atoms with Crippen molar-refractivity contribution in [2.24, 2.45) is 7.05 Å². The van der Waals surface area contributed by atoms with Crippen LogP contribution in [0.3, 0.4) is 0 Å². The van der Waals surface area contributed by atoms with Crippen LogP contribution in [0.1, 0.15) is 5.56 Å². The molecule has 34 heavy (non-hydrogen) atoms.